The van der Waals surface area contributed by atoms with Gasteiger partial charge >= 0.3 is 0 Å². The average Bonchev–Trinajstić information content (AvgIpc) is 2.43. The van der Waals surface area contributed by atoms with Gasteiger partial charge in [-0.15, -0.1) is 0 Å². The van der Waals surface area contributed by atoms with Gasteiger partial charge in [0.05, 0.1) is 18.9 Å². The van der Waals surface area contributed by atoms with Crippen molar-refractivity contribution in [3.05, 3.63) is 30.0 Å². The SMILES string of the molecule is CCOc1ccc(OCC)c(NC=C(C#N)C#N)c1. The molecular formula is C14H15N3O2. The van der Waals surface area contributed by atoms with Gasteiger partial charge in [-0.1, -0.05) is 0 Å². The van der Waals surface area contributed by atoms with Crippen molar-refractivity contribution in [1.29, 1.82) is 10.5 Å². The van der Waals surface area contributed by atoms with Gasteiger partial charge in [0, 0.05) is 12.3 Å². The second kappa shape index (κ2) is 7.62. The van der Waals surface area contributed by atoms with E-state index < -0.39 is 0 Å². The fraction of sp³-hybridized carbons (Fsp3) is 0.286. The van der Waals surface area contributed by atoms with Crippen molar-refractivity contribution >= 4 is 5.69 Å². The van der Waals surface area contributed by atoms with E-state index in [2.05, 4.69) is 5.32 Å². The number of hydrogen-bond donors (Lipinski definition) is 1. The zero-order valence-corrected chi connectivity index (χ0v) is 10.9. The van der Waals surface area contributed by atoms with Crippen LogP contribution in [-0.4, -0.2) is 13.2 Å². The maximum absolute atomic E-state index is 8.68. The van der Waals surface area contributed by atoms with E-state index in [0.29, 0.717) is 30.4 Å². The summed E-state index contributed by atoms with van der Waals surface area (Å²) in [5.41, 5.74) is 0.639. The van der Waals surface area contributed by atoms with Crippen molar-refractivity contribution in [3.63, 3.8) is 0 Å². The molecule has 0 saturated heterocycles. The normalized spacial score (nSPS) is 8.84. The van der Waals surface area contributed by atoms with Crippen LogP contribution in [0.15, 0.2) is 30.0 Å². The van der Waals surface area contributed by atoms with Crippen molar-refractivity contribution in [2.45, 2.75) is 13.8 Å². The summed E-state index contributed by atoms with van der Waals surface area (Å²) in [6.07, 6.45) is 1.34. The topological polar surface area (TPSA) is 78.1 Å². The Kier molecular flexibility index (Phi) is 5.78. The lowest BCUT2D eigenvalue weighted by atomic mass is 10.2. The third-order valence-electron chi connectivity index (χ3n) is 2.17. The maximum Gasteiger partial charge on any atom is 0.145 e. The van der Waals surface area contributed by atoms with Crippen LogP contribution in [0.4, 0.5) is 5.69 Å². The van der Waals surface area contributed by atoms with Gasteiger partial charge < -0.3 is 14.8 Å². The number of allylic oxidation sites excluding steroid dienone is 1. The van der Waals surface area contributed by atoms with Gasteiger partial charge in [0.25, 0.3) is 0 Å². The third kappa shape index (κ3) is 4.25. The van der Waals surface area contributed by atoms with E-state index >= 15 is 0 Å². The first-order valence-electron chi connectivity index (χ1n) is 5.91. The number of anilines is 1. The molecule has 0 amide bonds. The van der Waals surface area contributed by atoms with Gasteiger partial charge in [0.1, 0.15) is 29.2 Å². The van der Waals surface area contributed by atoms with Crippen LogP contribution in [0.25, 0.3) is 0 Å². The van der Waals surface area contributed by atoms with Gasteiger partial charge in [0.15, 0.2) is 0 Å². The molecule has 19 heavy (non-hydrogen) atoms. The van der Waals surface area contributed by atoms with Crippen molar-refractivity contribution in [2.24, 2.45) is 0 Å². The summed E-state index contributed by atoms with van der Waals surface area (Å²) < 4.78 is 10.8. The molecule has 0 heterocycles. The molecule has 0 aliphatic carbocycles. The smallest absolute Gasteiger partial charge is 0.145 e. The monoisotopic (exact) mass is 257 g/mol. The Morgan fingerprint density at radius 2 is 1.89 bits per heavy atom. The summed E-state index contributed by atoms with van der Waals surface area (Å²) >= 11 is 0. The Bertz CT molecular complexity index is 523. The Balaban J connectivity index is 3.01. The molecular weight excluding hydrogens is 242 g/mol. The molecule has 0 spiro atoms. The molecule has 5 nitrogen and oxygen atoms in total. The lowest BCUT2D eigenvalue weighted by molar-refractivity contribution is 0.332. The van der Waals surface area contributed by atoms with E-state index in [4.69, 9.17) is 20.0 Å². The Morgan fingerprint density at radius 3 is 2.47 bits per heavy atom. The summed E-state index contributed by atoms with van der Waals surface area (Å²) in [5.74, 6) is 1.33. The molecule has 1 N–H and O–H groups in total. The largest absolute Gasteiger partial charge is 0.494 e. The van der Waals surface area contributed by atoms with Crippen molar-refractivity contribution in [2.75, 3.05) is 18.5 Å². The van der Waals surface area contributed by atoms with Crippen LogP contribution in [0.1, 0.15) is 13.8 Å². The van der Waals surface area contributed by atoms with Crippen LogP contribution in [0.5, 0.6) is 11.5 Å². The van der Waals surface area contributed by atoms with Gasteiger partial charge in [-0.2, -0.15) is 10.5 Å². The fourth-order valence-electron chi connectivity index (χ4n) is 1.40. The predicted molar refractivity (Wildman–Crippen MR) is 71.7 cm³/mol. The first-order valence-corrected chi connectivity index (χ1v) is 5.91. The minimum absolute atomic E-state index is 0.00994. The van der Waals surface area contributed by atoms with Crippen LogP contribution in [0, 0.1) is 22.7 Å². The zero-order chi connectivity index (χ0) is 14.1. The van der Waals surface area contributed by atoms with E-state index in [1.807, 2.05) is 13.8 Å². The predicted octanol–water partition coefficient (Wildman–Crippen LogP) is 2.83. The number of benzene rings is 1. The lowest BCUT2D eigenvalue weighted by Gasteiger charge is -2.12. The number of nitriles is 2. The minimum Gasteiger partial charge on any atom is -0.494 e. The molecule has 0 aliphatic rings. The number of ether oxygens (including phenoxy) is 2. The highest BCUT2D eigenvalue weighted by atomic mass is 16.5. The van der Waals surface area contributed by atoms with Crippen molar-refractivity contribution < 1.29 is 9.47 Å². The van der Waals surface area contributed by atoms with E-state index in [-0.39, 0.29) is 5.57 Å². The third-order valence-corrected chi connectivity index (χ3v) is 2.17. The second-order valence-electron chi connectivity index (χ2n) is 3.45. The highest BCUT2D eigenvalue weighted by Crippen LogP contribution is 2.29. The standard InChI is InChI=1S/C14H15N3O2/c1-3-18-12-5-6-14(19-4-2)13(7-12)17-10-11(8-15)9-16/h5-7,10,17H,3-4H2,1-2H3. The molecule has 0 bridgehead atoms. The quantitative estimate of drug-likeness (QED) is 0.793. The Morgan fingerprint density at radius 1 is 1.21 bits per heavy atom. The van der Waals surface area contributed by atoms with E-state index in [9.17, 15) is 0 Å². The van der Waals surface area contributed by atoms with Gasteiger partial charge in [-0.3, -0.25) is 0 Å². The van der Waals surface area contributed by atoms with Gasteiger partial charge in [0.2, 0.25) is 0 Å². The van der Waals surface area contributed by atoms with Crippen LogP contribution >= 0.6 is 0 Å². The molecule has 1 rings (SSSR count). The highest BCUT2D eigenvalue weighted by molar-refractivity contribution is 5.62. The van der Waals surface area contributed by atoms with E-state index in [1.54, 1.807) is 30.3 Å². The highest BCUT2D eigenvalue weighted by Gasteiger charge is 2.05. The van der Waals surface area contributed by atoms with Crippen molar-refractivity contribution in [3.8, 4) is 23.6 Å². The molecule has 0 aliphatic heterocycles. The van der Waals surface area contributed by atoms with E-state index in [0.717, 1.165) is 0 Å². The van der Waals surface area contributed by atoms with E-state index in [1.165, 1.54) is 6.20 Å². The molecule has 1 aromatic carbocycles. The molecule has 0 radical (unpaired) electrons. The summed E-state index contributed by atoms with van der Waals surface area (Å²) in [5, 5.41) is 20.2. The first-order chi connectivity index (χ1) is 9.24. The van der Waals surface area contributed by atoms with Crippen LogP contribution < -0.4 is 14.8 Å². The molecule has 5 heteroatoms. The minimum atomic E-state index is -0.00994. The van der Waals surface area contributed by atoms with Crippen LogP contribution in [0.3, 0.4) is 0 Å². The zero-order valence-electron chi connectivity index (χ0n) is 10.9. The molecule has 0 saturated carbocycles. The number of hydrogen-bond acceptors (Lipinski definition) is 5. The summed E-state index contributed by atoms with van der Waals surface area (Å²) in [6.45, 7) is 4.86. The summed E-state index contributed by atoms with van der Waals surface area (Å²) in [4.78, 5) is 0. The summed E-state index contributed by atoms with van der Waals surface area (Å²) in [6, 6.07) is 8.90. The lowest BCUT2D eigenvalue weighted by Crippen LogP contribution is -1.99. The molecule has 1 aromatic rings. The molecule has 0 unspecified atom stereocenters. The summed E-state index contributed by atoms with van der Waals surface area (Å²) in [7, 11) is 0. The van der Waals surface area contributed by atoms with Crippen LogP contribution in [0.2, 0.25) is 0 Å². The van der Waals surface area contributed by atoms with Crippen LogP contribution in [-0.2, 0) is 0 Å². The molecule has 0 aromatic heterocycles. The second-order valence-corrected chi connectivity index (χ2v) is 3.45. The first kappa shape index (κ1) is 14.4. The number of nitrogens with one attached hydrogen (secondary N) is 1. The molecule has 0 atom stereocenters. The van der Waals surface area contributed by atoms with Gasteiger partial charge in [-0.05, 0) is 26.0 Å². The fourth-order valence-corrected chi connectivity index (χ4v) is 1.40. The number of rotatable bonds is 6. The van der Waals surface area contributed by atoms with Gasteiger partial charge in [-0.25, -0.2) is 0 Å². The maximum atomic E-state index is 8.68. The molecule has 0 fully saturated rings. The Hall–Kier alpha value is -2.66. The molecule has 98 valence electrons. The average molecular weight is 257 g/mol. The Labute approximate surface area is 112 Å². The number of nitrogens with zero attached hydrogens (tertiary/aromatic N) is 2. The van der Waals surface area contributed by atoms with Crippen molar-refractivity contribution in [1.82, 2.24) is 0 Å².